The molecule has 1 unspecified atom stereocenters. The fourth-order valence-electron chi connectivity index (χ4n) is 0.992. The van der Waals surface area contributed by atoms with E-state index in [-0.39, 0.29) is 24.3 Å². The summed E-state index contributed by atoms with van der Waals surface area (Å²) >= 11 is 0. The van der Waals surface area contributed by atoms with E-state index in [1.807, 2.05) is 13.8 Å². The molecule has 0 spiro atoms. The molecule has 0 aliphatic rings. The molecule has 0 aromatic carbocycles. The van der Waals surface area contributed by atoms with Gasteiger partial charge < -0.3 is 16.2 Å². The molecule has 0 rings (SSSR count). The number of aliphatic hydroxyl groups is 1. The molecule has 1 atom stereocenters. The molecule has 0 bridgehead atoms. The number of rotatable bonds is 5. The third-order valence-electron chi connectivity index (χ3n) is 1.81. The van der Waals surface area contributed by atoms with Crippen LogP contribution in [0.25, 0.3) is 0 Å². The first-order valence-electron chi connectivity index (χ1n) is 4.22. The van der Waals surface area contributed by atoms with Gasteiger partial charge in [-0.15, -0.1) is 0 Å². The summed E-state index contributed by atoms with van der Waals surface area (Å²) in [6.07, 6.45) is 0. The Labute approximate surface area is 73.1 Å². The Hall–Kier alpha value is -0.610. The predicted octanol–water partition coefficient (Wildman–Crippen LogP) is -0.674. The third-order valence-corrected chi connectivity index (χ3v) is 1.81. The molecule has 4 N–H and O–H groups in total. The van der Waals surface area contributed by atoms with Crippen molar-refractivity contribution < 1.29 is 9.90 Å². The second kappa shape index (κ2) is 5.97. The van der Waals surface area contributed by atoms with Crippen molar-refractivity contribution in [1.29, 1.82) is 0 Å². The van der Waals surface area contributed by atoms with Crippen molar-refractivity contribution in [3.05, 3.63) is 0 Å². The zero-order valence-electron chi connectivity index (χ0n) is 7.71. The minimum Gasteiger partial charge on any atom is -0.395 e. The van der Waals surface area contributed by atoms with E-state index in [2.05, 4.69) is 5.32 Å². The zero-order chi connectivity index (χ0) is 9.56. The highest BCUT2D eigenvalue weighted by atomic mass is 16.3. The minimum absolute atomic E-state index is 0.0267. The van der Waals surface area contributed by atoms with Gasteiger partial charge in [0.1, 0.15) is 0 Å². The van der Waals surface area contributed by atoms with Gasteiger partial charge >= 0.3 is 0 Å². The first-order chi connectivity index (χ1) is 5.63. The number of carbonyl (C=O) groups excluding carboxylic acids is 1. The van der Waals surface area contributed by atoms with Crippen LogP contribution in [0.1, 0.15) is 13.8 Å². The minimum atomic E-state index is -0.142. The third kappa shape index (κ3) is 3.69. The van der Waals surface area contributed by atoms with Crippen LogP contribution < -0.4 is 11.1 Å². The first kappa shape index (κ1) is 11.4. The number of hydrogen-bond acceptors (Lipinski definition) is 3. The Balaban J connectivity index is 3.86. The van der Waals surface area contributed by atoms with E-state index in [1.54, 1.807) is 0 Å². The van der Waals surface area contributed by atoms with E-state index < -0.39 is 0 Å². The summed E-state index contributed by atoms with van der Waals surface area (Å²) in [6, 6.07) is 0. The van der Waals surface area contributed by atoms with E-state index in [1.165, 1.54) is 0 Å². The molecule has 4 nitrogen and oxygen atoms in total. The van der Waals surface area contributed by atoms with Gasteiger partial charge in [0.15, 0.2) is 0 Å². The second-order valence-electron chi connectivity index (χ2n) is 3.10. The van der Waals surface area contributed by atoms with Gasteiger partial charge in [-0.25, -0.2) is 0 Å². The van der Waals surface area contributed by atoms with Crippen LogP contribution in [0.2, 0.25) is 0 Å². The van der Waals surface area contributed by atoms with Crippen LogP contribution >= 0.6 is 0 Å². The fraction of sp³-hybridized carbons (Fsp3) is 0.875. The molecular weight excluding hydrogens is 156 g/mol. The highest BCUT2D eigenvalue weighted by Gasteiger charge is 2.19. The van der Waals surface area contributed by atoms with Crippen LogP contribution in [0.15, 0.2) is 0 Å². The maximum absolute atomic E-state index is 11.3. The van der Waals surface area contributed by atoms with Crippen LogP contribution in [-0.2, 0) is 4.79 Å². The van der Waals surface area contributed by atoms with E-state index >= 15 is 0 Å². The van der Waals surface area contributed by atoms with Gasteiger partial charge in [0, 0.05) is 13.1 Å². The van der Waals surface area contributed by atoms with Crippen molar-refractivity contribution >= 4 is 5.91 Å². The summed E-state index contributed by atoms with van der Waals surface area (Å²) in [7, 11) is 0. The molecular formula is C8H18N2O2. The molecule has 4 heteroatoms. The predicted molar refractivity (Wildman–Crippen MR) is 47.5 cm³/mol. The molecule has 1 amide bonds. The van der Waals surface area contributed by atoms with E-state index in [0.717, 1.165) is 0 Å². The number of hydrogen-bond donors (Lipinski definition) is 3. The number of nitrogens with two attached hydrogens (primary N) is 1. The summed E-state index contributed by atoms with van der Waals surface area (Å²) < 4.78 is 0. The second-order valence-corrected chi connectivity index (χ2v) is 3.10. The smallest absolute Gasteiger partial charge is 0.224 e. The van der Waals surface area contributed by atoms with Gasteiger partial charge in [-0.2, -0.15) is 0 Å². The molecule has 0 heterocycles. The highest BCUT2D eigenvalue weighted by Crippen LogP contribution is 2.08. The Bertz CT molecular complexity index is 137. The number of amides is 1. The molecule has 0 aromatic heterocycles. The quantitative estimate of drug-likeness (QED) is 0.517. The lowest BCUT2D eigenvalue weighted by molar-refractivity contribution is -0.126. The van der Waals surface area contributed by atoms with Crippen molar-refractivity contribution in [2.24, 2.45) is 17.6 Å². The molecule has 0 saturated heterocycles. The van der Waals surface area contributed by atoms with Gasteiger partial charge in [0.05, 0.1) is 12.5 Å². The summed E-state index contributed by atoms with van der Waals surface area (Å²) in [6.45, 7) is 4.55. The van der Waals surface area contributed by atoms with Crippen molar-refractivity contribution in [2.75, 3.05) is 19.7 Å². The van der Waals surface area contributed by atoms with Crippen molar-refractivity contribution in [2.45, 2.75) is 13.8 Å². The van der Waals surface area contributed by atoms with Gasteiger partial charge in [0.25, 0.3) is 0 Å². The maximum Gasteiger partial charge on any atom is 0.224 e. The topological polar surface area (TPSA) is 75.4 Å². The van der Waals surface area contributed by atoms with E-state index in [9.17, 15) is 4.79 Å². The van der Waals surface area contributed by atoms with E-state index in [4.69, 9.17) is 10.8 Å². The van der Waals surface area contributed by atoms with Gasteiger partial charge in [0.2, 0.25) is 5.91 Å². The summed E-state index contributed by atoms with van der Waals surface area (Å²) in [5.74, 6) is 0.0341. The molecule has 0 radical (unpaired) electrons. The summed E-state index contributed by atoms with van der Waals surface area (Å²) in [5, 5.41) is 11.1. The monoisotopic (exact) mass is 174 g/mol. The molecule has 0 fully saturated rings. The molecule has 0 saturated carbocycles. The Morgan fingerprint density at radius 2 is 2.17 bits per heavy atom. The van der Waals surface area contributed by atoms with Crippen LogP contribution in [0.3, 0.4) is 0 Å². The lowest BCUT2D eigenvalue weighted by Gasteiger charge is -2.17. The standard InChI is InChI=1S/C8H18N2O2/c1-6(2)7(5-9)8(12)10-3-4-11/h6-7,11H,3-5,9H2,1-2H3,(H,10,12). The number of carbonyl (C=O) groups is 1. The molecule has 12 heavy (non-hydrogen) atoms. The largest absolute Gasteiger partial charge is 0.395 e. The summed E-state index contributed by atoms with van der Waals surface area (Å²) in [5.41, 5.74) is 5.42. The first-order valence-corrected chi connectivity index (χ1v) is 4.22. The Kier molecular flexibility index (Phi) is 5.66. The maximum atomic E-state index is 11.3. The van der Waals surface area contributed by atoms with Crippen LogP contribution in [0.4, 0.5) is 0 Å². The average molecular weight is 174 g/mol. The number of nitrogens with one attached hydrogen (secondary N) is 1. The van der Waals surface area contributed by atoms with Crippen LogP contribution in [0.5, 0.6) is 0 Å². The molecule has 0 aliphatic heterocycles. The Morgan fingerprint density at radius 3 is 2.50 bits per heavy atom. The van der Waals surface area contributed by atoms with Gasteiger partial charge in [-0.05, 0) is 5.92 Å². The fourth-order valence-corrected chi connectivity index (χ4v) is 0.992. The molecule has 0 aliphatic carbocycles. The Morgan fingerprint density at radius 1 is 1.58 bits per heavy atom. The zero-order valence-corrected chi connectivity index (χ0v) is 7.71. The summed E-state index contributed by atoms with van der Waals surface area (Å²) in [4.78, 5) is 11.3. The van der Waals surface area contributed by atoms with Crippen LogP contribution in [0, 0.1) is 11.8 Å². The molecule has 0 aromatic rings. The van der Waals surface area contributed by atoms with E-state index in [0.29, 0.717) is 13.1 Å². The van der Waals surface area contributed by atoms with Crippen molar-refractivity contribution in [1.82, 2.24) is 5.32 Å². The SMILES string of the molecule is CC(C)C(CN)C(=O)NCCO. The van der Waals surface area contributed by atoms with Crippen LogP contribution in [-0.4, -0.2) is 30.7 Å². The van der Waals surface area contributed by atoms with Crippen molar-refractivity contribution in [3.63, 3.8) is 0 Å². The average Bonchev–Trinajstić information content (AvgIpc) is 2.01. The highest BCUT2D eigenvalue weighted by molar-refractivity contribution is 5.79. The van der Waals surface area contributed by atoms with Gasteiger partial charge in [-0.1, -0.05) is 13.8 Å². The lowest BCUT2D eigenvalue weighted by Crippen LogP contribution is -2.39. The molecule has 72 valence electrons. The van der Waals surface area contributed by atoms with Crippen molar-refractivity contribution in [3.8, 4) is 0 Å². The van der Waals surface area contributed by atoms with Gasteiger partial charge in [-0.3, -0.25) is 4.79 Å². The lowest BCUT2D eigenvalue weighted by atomic mass is 9.95. The number of aliphatic hydroxyl groups excluding tert-OH is 1. The normalized spacial score (nSPS) is 13.1.